The largest absolute Gasteiger partial charge is 0.457 e. The molecule has 1 aliphatic heterocycles. The van der Waals surface area contributed by atoms with Crippen LogP contribution >= 0.6 is 0 Å². The van der Waals surface area contributed by atoms with Crippen LogP contribution < -0.4 is 0 Å². The molecule has 0 spiro atoms. The number of amides is 3. The number of furan rings is 1. The van der Waals surface area contributed by atoms with E-state index in [0.717, 1.165) is 4.90 Å². The molecule has 0 saturated carbocycles. The highest BCUT2D eigenvalue weighted by molar-refractivity contribution is 6.19. The highest BCUT2D eigenvalue weighted by atomic mass is 16.3. The Labute approximate surface area is 171 Å². The van der Waals surface area contributed by atoms with E-state index in [1.807, 2.05) is 6.07 Å². The van der Waals surface area contributed by atoms with Gasteiger partial charge in [-0.1, -0.05) is 18.2 Å². The second kappa shape index (κ2) is 8.32. The van der Waals surface area contributed by atoms with Crippen molar-refractivity contribution in [3.05, 3.63) is 82.0 Å². The maximum atomic E-state index is 12.8. The van der Waals surface area contributed by atoms with E-state index in [2.05, 4.69) is 11.8 Å². The zero-order valence-electron chi connectivity index (χ0n) is 15.9. The molecule has 1 aromatic carbocycles. The number of nitrogens with zero attached hydrogens (tertiary/aromatic N) is 3. The normalized spacial score (nSPS) is 15.3. The van der Waals surface area contributed by atoms with Gasteiger partial charge < -0.3 is 4.42 Å². The first-order valence-electron chi connectivity index (χ1n) is 8.79. The zero-order chi connectivity index (χ0) is 21.8. The van der Waals surface area contributed by atoms with Crippen molar-refractivity contribution in [1.82, 2.24) is 4.90 Å². The molecule has 0 aliphatic carbocycles. The molecule has 3 rings (SSSR count). The molecule has 8 nitrogen and oxygen atoms in total. The second-order valence-corrected chi connectivity index (χ2v) is 6.36. The Morgan fingerprint density at radius 1 is 1.27 bits per heavy atom. The number of benzene rings is 1. The Morgan fingerprint density at radius 2 is 2.03 bits per heavy atom. The molecule has 30 heavy (non-hydrogen) atoms. The number of hydrogen-bond donors (Lipinski definition) is 0. The SMILES string of the molecule is C=CCN1C(=O)C(C#N)=C(C)/C(=C\c2ccc(-c3cccc(C(=O)N=O)c3)o2)C1=O. The topological polar surface area (TPSA) is 121 Å². The summed E-state index contributed by atoms with van der Waals surface area (Å²) in [5, 5.41) is 11.7. The van der Waals surface area contributed by atoms with Crippen LogP contribution in [-0.2, 0) is 9.59 Å². The van der Waals surface area contributed by atoms with Gasteiger partial charge in [0.2, 0.25) is 0 Å². The molecule has 1 aromatic heterocycles. The molecule has 0 atom stereocenters. The lowest BCUT2D eigenvalue weighted by molar-refractivity contribution is -0.139. The molecule has 148 valence electrons. The molecule has 2 heterocycles. The number of nitroso groups, excluding NO2 is 1. The number of imide groups is 1. The van der Waals surface area contributed by atoms with Gasteiger partial charge in [-0.3, -0.25) is 19.3 Å². The Hall–Kier alpha value is -4.38. The van der Waals surface area contributed by atoms with Crippen LogP contribution in [0, 0.1) is 16.2 Å². The van der Waals surface area contributed by atoms with Gasteiger partial charge in [0.15, 0.2) is 0 Å². The second-order valence-electron chi connectivity index (χ2n) is 6.36. The number of nitriles is 1. The summed E-state index contributed by atoms with van der Waals surface area (Å²) in [5.74, 6) is -1.41. The van der Waals surface area contributed by atoms with E-state index >= 15 is 0 Å². The molecule has 0 fully saturated rings. The van der Waals surface area contributed by atoms with Gasteiger partial charge >= 0.3 is 5.91 Å². The van der Waals surface area contributed by atoms with Gasteiger partial charge in [0.25, 0.3) is 11.8 Å². The minimum Gasteiger partial charge on any atom is -0.457 e. The summed E-state index contributed by atoms with van der Waals surface area (Å²) in [6.07, 6.45) is 2.85. The molecule has 0 saturated heterocycles. The minimum absolute atomic E-state index is 0.0253. The summed E-state index contributed by atoms with van der Waals surface area (Å²) in [4.78, 5) is 48.0. The van der Waals surface area contributed by atoms with Crippen molar-refractivity contribution in [2.24, 2.45) is 5.18 Å². The molecule has 1 aliphatic rings. The molecule has 8 heteroatoms. The fraction of sp³-hybridized carbons (Fsp3) is 0.0909. The molecule has 0 unspecified atom stereocenters. The molecule has 0 bridgehead atoms. The summed E-state index contributed by atoms with van der Waals surface area (Å²) < 4.78 is 5.75. The van der Waals surface area contributed by atoms with Gasteiger partial charge in [0.05, 0.1) is 0 Å². The van der Waals surface area contributed by atoms with Crippen LogP contribution in [0.2, 0.25) is 0 Å². The lowest BCUT2D eigenvalue weighted by atomic mass is 9.94. The van der Waals surface area contributed by atoms with Crippen LogP contribution in [0.5, 0.6) is 0 Å². The summed E-state index contributed by atoms with van der Waals surface area (Å²) in [5.41, 5.74) is 0.954. The Morgan fingerprint density at radius 3 is 2.70 bits per heavy atom. The molecule has 2 aromatic rings. The van der Waals surface area contributed by atoms with Crippen molar-refractivity contribution in [2.75, 3.05) is 6.54 Å². The summed E-state index contributed by atoms with van der Waals surface area (Å²) in [7, 11) is 0. The van der Waals surface area contributed by atoms with Gasteiger partial charge in [0.1, 0.15) is 23.2 Å². The van der Waals surface area contributed by atoms with E-state index in [9.17, 15) is 24.6 Å². The van der Waals surface area contributed by atoms with Crippen molar-refractivity contribution >= 4 is 23.8 Å². The van der Waals surface area contributed by atoms with E-state index in [1.54, 1.807) is 24.3 Å². The van der Waals surface area contributed by atoms with Gasteiger partial charge in [-0.05, 0) is 42.8 Å². The number of hydrogen-bond acceptors (Lipinski definition) is 6. The third kappa shape index (κ3) is 3.64. The first-order valence-corrected chi connectivity index (χ1v) is 8.79. The molecular formula is C22H15N3O5. The third-order valence-electron chi connectivity index (χ3n) is 4.53. The highest BCUT2D eigenvalue weighted by Gasteiger charge is 2.34. The van der Waals surface area contributed by atoms with Gasteiger partial charge in [-0.2, -0.15) is 5.26 Å². The van der Waals surface area contributed by atoms with Gasteiger partial charge in [-0.15, -0.1) is 11.5 Å². The van der Waals surface area contributed by atoms with Crippen molar-refractivity contribution in [3.8, 4) is 17.4 Å². The number of carbonyl (C=O) groups is 3. The summed E-state index contributed by atoms with van der Waals surface area (Å²) in [6.45, 7) is 5.03. The van der Waals surface area contributed by atoms with Crippen LogP contribution in [0.1, 0.15) is 23.0 Å². The molecule has 3 amide bonds. The first kappa shape index (κ1) is 20.4. The average Bonchev–Trinajstić information content (AvgIpc) is 3.23. The number of carbonyl (C=O) groups excluding carboxylic acids is 3. The van der Waals surface area contributed by atoms with Crippen molar-refractivity contribution in [2.45, 2.75) is 6.92 Å². The molecule has 0 N–H and O–H groups in total. The monoisotopic (exact) mass is 401 g/mol. The fourth-order valence-corrected chi connectivity index (χ4v) is 3.01. The van der Waals surface area contributed by atoms with E-state index in [0.29, 0.717) is 17.1 Å². The average molecular weight is 401 g/mol. The smallest absolute Gasteiger partial charge is 0.316 e. The minimum atomic E-state index is -0.893. The fourth-order valence-electron chi connectivity index (χ4n) is 3.01. The highest BCUT2D eigenvalue weighted by Crippen LogP contribution is 2.29. The first-order chi connectivity index (χ1) is 14.4. The standard InChI is InChI=1S/C22H15N3O5/c1-3-9-25-21(27)17(13(2)18(12-23)22(25)28)11-16-7-8-19(30-16)14-5-4-6-15(10-14)20(26)24-29/h3-8,10-11H,1,9H2,2H3/b17-11+. The van der Waals surface area contributed by atoms with Gasteiger partial charge in [0, 0.05) is 28.4 Å². The Kier molecular flexibility index (Phi) is 5.65. The van der Waals surface area contributed by atoms with Crippen LogP contribution in [0.3, 0.4) is 0 Å². The Balaban J connectivity index is 2.02. The lowest BCUT2D eigenvalue weighted by Crippen LogP contribution is -2.42. The Bertz CT molecular complexity index is 1190. The van der Waals surface area contributed by atoms with Crippen molar-refractivity contribution < 1.29 is 18.8 Å². The van der Waals surface area contributed by atoms with Crippen molar-refractivity contribution in [1.29, 1.82) is 5.26 Å². The molecular weight excluding hydrogens is 386 g/mol. The summed E-state index contributed by atoms with van der Waals surface area (Å²) >= 11 is 0. The quantitative estimate of drug-likeness (QED) is 0.326. The third-order valence-corrected chi connectivity index (χ3v) is 4.53. The van der Waals surface area contributed by atoms with E-state index < -0.39 is 17.7 Å². The van der Waals surface area contributed by atoms with Crippen LogP contribution in [0.15, 0.2) is 75.4 Å². The molecule has 0 radical (unpaired) electrons. The maximum Gasteiger partial charge on any atom is 0.316 e. The van der Waals surface area contributed by atoms with Crippen LogP contribution in [0.4, 0.5) is 0 Å². The lowest BCUT2D eigenvalue weighted by Gasteiger charge is -2.26. The van der Waals surface area contributed by atoms with E-state index in [4.69, 9.17) is 4.42 Å². The van der Waals surface area contributed by atoms with Crippen LogP contribution in [0.25, 0.3) is 17.4 Å². The van der Waals surface area contributed by atoms with E-state index in [-0.39, 0.29) is 28.8 Å². The zero-order valence-corrected chi connectivity index (χ0v) is 15.9. The maximum absolute atomic E-state index is 12.8. The summed E-state index contributed by atoms with van der Waals surface area (Å²) in [6, 6.07) is 11.3. The van der Waals surface area contributed by atoms with Gasteiger partial charge in [-0.25, -0.2) is 0 Å². The predicted octanol–water partition coefficient (Wildman–Crippen LogP) is 3.63. The predicted molar refractivity (Wildman–Crippen MR) is 107 cm³/mol. The van der Waals surface area contributed by atoms with E-state index in [1.165, 1.54) is 31.2 Å². The van der Waals surface area contributed by atoms with Crippen molar-refractivity contribution in [3.63, 3.8) is 0 Å². The number of rotatable bonds is 5. The van der Waals surface area contributed by atoms with Crippen LogP contribution in [-0.4, -0.2) is 29.2 Å².